The maximum absolute atomic E-state index is 12.3. The summed E-state index contributed by atoms with van der Waals surface area (Å²) in [6, 6.07) is 0. The fraction of sp³-hybridized carbons (Fsp3) is 0.900. The van der Waals surface area contributed by atoms with E-state index < -0.39 is 5.97 Å². The van der Waals surface area contributed by atoms with Crippen LogP contribution in [-0.4, -0.2) is 47.6 Å². The van der Waals surface area contributed by atoms with Crippen molar-refractivity contribution in [3.8, 4) is 0 Å². The van der Waals surface area contributed by atoms with Crippen molar-refractivity contribution in [2.24, 2.45) is 11.8 Å². The molecule has 4 fully saturated rings. The second kappa shape index (κ2) is 7.85. The molecular formula is C20H30O6. The topological polar surface area (TPSA) is 88.7 Å². The SMILES string of the molecule is O=C(O)CCCCC(=O)OC(CC1CCC2OC2C1)C1CCC2OC2C1. The molecule has 2 aliphatic heterocycles. The predicted molar refractivity (Wildman–Crippen MR) is 92.6 cm³/mol. The fourth-order valence-electron chi connectivity index (χ4n) is 4.91. The second-order valence-electron chi connectivity index (χ2n) is 8.54. The summed E-state index contributed by atoms with van der Waals surface area (Å²) in [6.45, 7) is 0. The van der Waals surface area contributed by atoms with E-state index in [9.17, 15) is 9.59 Å². The number of esters is 1. The number of aliphatic carboxylic acids is 1. The van der Waals surface area contributed by atoms with E-state index in [2.05, 4.69) is 0 Å². The summed E-state index contributed by atoms with van der Waals surface area (Å²) in [5, 5.41) is 8.69. The first-order valence-corrected chi connectivity index (χ1v) is 10.3. The zero-order valence-corrected chi connectivity index (χ0v) is 15.3. The highest BCUT2D eigenvalue weighted by atomic mass is 16.6. The Bertz CT molecular complexity index is 534. The lowest BCUT2D eigenvalue weighted by Gasteiger charge is -2.32. The zero-order valence-electron chi connectivity index (χ0n) is 15.3. The summed E-state index contributed by atoms with van der Waals surface area (Å²) in [4.78, 5) is 22.9. The van der Waals surface area contributed by atoms with E-state index in [4.69, 9.17) is 19.3 Å². The molecule has 0 radical (unpaired) electrons. The zero-order chi connectivity index (χ0) is 18.1. The van der Waals surface area contributed by atoms with Crippen LogP contribution in [0.25, 0.3) is 0 Å². The number of epoxide rings is 2. The van der Waals surface area contributed by atoms with Crippen LogP contribution in [0.15, 0.2) is 0 Å². The maximum atomic E-state index is 12.3. The quantitative estimate of drug-likeness (QED) is 0.383. The van der Waals surface area contributed by atoms with Gasteiger partial charge in [0.1, 0.15) is 6.10 Å². The number of carboxylic acid groups (broad SMARTS) is 1. The normalized spacial score (nSPS) is 38.6. The second-order valence-corrected chi connectivity index (χ2v) is 8.54. The van der Waals surface area contributed by atoms with E-state index in [-0.39, 0.29) is 18.5 Å². The van der Waals surface area contributed by atoms with Crippen LogP contribution in [0.2, 0.25) is 0 Å². The van der Waals surface area contributed by atoms with Crippen LogP contribution < -0.4 is 0 Å². The van der Waals surface area contributed by atoms with E-state index in [0.717, 1.165) is 38.5 Å². The fourth-order valence-corrected chi connectivity index (χ4v) is 4.91. The van der Waals surface area contributed by atoms with E-state index in [0.29, 0.717) is 55.5 Å². The number of hydrogen-bond donors (Lipinski definition) is 1. The van der Waals surface area contributed by atoms with Crippen molar-refractivity contribution < 1.29 is 28.9 Å². The molecule has 146 valence electrons. The van der Waals surface area contributed by atoms with Gasteiger partial charge in [-0.2, -0.15) is 0 Å². The molecule has 0 aromatic rings. The van der Waals surface area contributed by atoms with Crippen LogP contribution in [0.5, 0.6) is 0 Å². The molecule has 0 bridgehead atoms. The Hall–Kier alpha value is -1.14. The minimum Gasteiger partial charge on any atom is -0.481 e. The molecule has 7 atom stereocenters. The Morgan fingerprint density at radius 1 is 0.923 bits per heavy atom. The van der Waals surface area contributed by atoms with Gasteiger partial charge in [-0.05, 0) is 69.6 Å². The number of unbranched alkanes of at least 4 members (excludes halogenated alkanes) is 1. The van der Waals surface area contributed by atoms with Crippen molar-refractivity contribution in [1.82, 2.24) is 0 Å². The molecule has 0 spiro atoms. The average Bonchev–Trinajstić information content (AvgIpc) is 3.51. The number of carboxylic acids is 1. The lowest BCUT2D eigenvalue weighted by Crippen LogP contribution is -2.33. The number of ether oxygens (including phenoxy) is 3. The summed E-state index contributed by atoms with van der Waals surface area (Å²) in [7, 11) is 0. The number of carbonyl (C=O) groups is 2. The van der Waals surface area contributed by atoms with Crippen LogP contribution in [0.1, 0.15) is 70.6 Å². The van der Waals surface area contributed by atoms with Crippen LogP contribution >= 0.6 is 0 Å². The van der Waals surface area contributed by atoms with Gasteiger partial charge in [0.25, 0.3) is 0 Å². The number of hydrogen-bond acceptors (Lipinski definition) is 5. The first-order valence-electron chi connectivity index (χ1n) is 10.3. The first kappa shape index (κ1) is 18.2. The Morgan fingerprint density at radius 2 is 1.62 bits per heavy atom. The van der Waals surface area contributed by atoms with Crippen molar-refractivity contribution >= 4 is 11.9 Å². The molecule has 2 saturated heterocycles. The minimum atomic E-state index is -0.810. The van der Waals surface area contributed by atoms with Gasteiger partial charge < -0.3 is 19.3 Å². The van der Waals surface area contributed by atoms with Gasteiger partial charge in [-0.3, -0.25) is 9.59 Å². The first-order chi connectivity index (χ1) is 12.6. The highest BCUT2D eigenvalue weighted by molar-refractivity contribution is 5.70. The van der Waals surface area contributed by atoms with Gasteiger partial charge in [0.15, 0.2) is 0 Å². The van der Waals surface area contributed by atoms with E-state index in [1.54, 1.807) is 0 Å². The Labute approximate surface area is 154 Å². The van der Waals surface area contributed by atoms with Gasteiger partial charge in [-0.25, -0.2) is 0 Å². The third kappa shape index (κ3) is 4.77. The number of rotatable bonds is 9. The molecular weight excluding hydrogens is 336 g/mol. The van der Waals surface area contributed by atoms with Crippen LogP contribution in [0.3, 0.4) is 0 Å². The van der Waals surface area contributed by atoms with Crippen LogP contribution in [0.4, 0.5) is 0 Å². The maximum Gasteiger partial charge on any atom is 0.306 e. The van der Waals surface area contributed by atoms with Crippen LogP contribution in [-0.2, 0) is 23.8 Å². The van der Waals surface area contributed by atoms with Gasteiger partial charge in [-0.15, -0.1) is 0 Å². The van der Waals surface area contributed by atoms with Gasteiger partial charge >= 0.3 is 11.9 Å². The Balaban J connectivity index is 1.28. The molecule has 1 N–H and O–H groups in total. The summed E-state index contributed by atoms with van der Waals surface area (Å²) < 4.78 is 17.2. The Morgan fingerprint density at radius 3 is 2.31 bits per heavy atom. The lowest BCUT2D eigenvalue weighted by molar-refractivity contribution is -0.154. The molecule has 26 heavy (non-hydrogen) atoms. The summed E-state index contributed by atoms with van der Waals surface area (Å²) in [5.74, 6) is 0.00638. The molecule has 2 saturated carbocycles. The summed E-state index contributed by atoms with van der Waals surface area (Å²) in [6.07, 6.45) is 10.8. The number of fused-ring (bicyclic) bond motifs is 2. The van der Waals surface area contributed by atoms with Crippen molar-refractivity contribution in [3.05, 3.63) is 0 Å². The standard InChI is InChI=1S/C20H30O6/c21-19(22)3-1-2-4-20(23)26-16(13-6-8-15-18(11-13)25-15)9-12-5-7-14-17(10-12)24-14/h12-18H,1-11H2,(H,21,22). The Kier molecular flexibility index (Phi) is 5.50. The molecule has 0 aromatic carbocycles. The minimum absolute atomic E-state index is 0.0209. The van der Waals surface area contributed by atoms with E-state index >= 15 is 0 Å². The molecule has 6 heteroatoms. The lowest BCUT2D eigenvalue weighted by atomic mass is 9.78. The molecule has 0 aromatic heterocycles. The third-order valence-electron chi connectivity index (χ3n) is 6.55. The van der Waals surface area contributed by atoms with Gasteiger partial charge in [0.2, 0.25) is 0 Å². The monoisotopic (exact) mass is 366 g/mol. The van der Waals surface area contributed by atoms with Crippen molar-refractivity contribution in [2.45, 2.75) is 101 Å². The van der Waals surface area contributed by atoms with Gasteiger partial charge in [-0.1, -0.05) is 0 Å². The summed E-state index contributed by atoms with van der Waals surface area (Å²) in [5.41, 5.74) is 0. The van der Waals surface area contributed by atoms with Crippen molar-refractivity contribution in [3.63, 3.8) is 0 Å². The molecule has 4 aliphatic rings. The van der Waals surface area contributed by atoms with E-state index in [1.165, 1.54) is 6.42 Å². The van der Waals surface area contributed by atoms with Crippen molar-refractivity contribution in [2.75, 3.05) is 0 Å². The van der Waals surface area contributed by atoms with Gasteiger partial charge in [0, 0.05) is 12.8 Å². The highest BCUT2D eigenvalue weighted by Gasteiger charge is 2.48. The van der Waals surface area contributed by atoms with Crippen LogP contribution in [0, 0.1) is 11.8 Å². The summed E-state index contributed by atoms with van der Waals surface area (Å²) >= 11 is 0. The molecule has 2 aliphatic carbocycles. The molecule has 4 rings (SSSR count). The highest BCUT2D eigenvalue weighted by Crippen LogP contribution is 2.45. The van der Waals surface area contributed by atoms with Crippen molar-refractivity contribution in [1.29, 1.82) is 0 Å². The molecule has 6 nitrogen and oxygen atoms in total. The molecule has 0 amide bonds. The third-order valence-corrected chi connectivity index (χ3v) is 6.55. The molecule has 7 unspecified atom stereocenters. The van der Waals surface area contributed by atoms with E-state index in [1.807, 2.05) is 0 Å². The average molecular weight is 366 g/mol. The number of carbonyl (C=O) groups excluding carboxylic acids is 1. The predicted octanol–water partition coefficient (Wildman–Crippen LogP) is 3.07. The smallest absolute Gasteiger partial charge is 0.306 e. The largest absolute Gasteiger partial charge is 0.481 e. The molecule has 2 heterocycles. The van der Waals surface area contributed by atoms with Gasteiger partial charge in [0.05, 0.1) is 24.4 Å².